The molecule has 38 heavy (non-hydrogen) atoms. The van der Waals surface area contributed by atoms with Crippen molar-refractivity contribution in [1.82, 2.24) is 15.0 Å². The van der Waals surface area contributed by atoms with Gasteiger partial charge < -0.3 is 24.8 Å². The van der Waals surface area contributed by atoms with Gasteiger partial charge in [0.25, 0.3) is 0 Å². The zero-order valence-electron chi connectivity index (χ0n) is 19.6. The number of benzene rings is 2. The molecule has 0 radical (unpaired) electrons. The van der Waals surface area contributed by atoms with Crippen LogP contribution in [0.25, 0.3) is 0 Å². The van der Waals surface area contributed by atoms with E-state index in [9.17, 15) is 26.3 Å². The van der Waals surface area contributed by atoms with Gasteiger partial charge in [-0.1, -0.05) is 0 Å². The van der Waals surface area contributed by atoms with E-state index in [0.29, 0.717) is 31.0 Å². The summed E-state index contributed by atoms with van der Waals surface area (Å²) < 4.78 is 86.9. The van der Waals surface area contributed by atoms with Gasteiger partial charge in [-0.05, 0) is 61.0 Å². The summed E-state index contributed by atoms with van der Waals surface area (Å²) in [4.78, 5) is 12.5. The second-order valence-electron chi connectivity index (χ2n) is 7.11. The highest BCUT2D eigenvalue weighted by Gasteiger charge is 2.31. The fourth-order valence-corrected chi connectivity index (χ4v) is 2.73. The number of alkyl halides is 6. The van der Waals surface area contributed by atoms with Gasteiger partial charge in [-0.3, -0.25) is 0 Å². The van der Waals surface area contributed by atoms with Crippen LogP contribution in [0.4, 0.5) is 49.9 Å². The van der Waals surface area contributed by atoms with Crippen molar-refractivity contribution in [2.24, 2.45) is 5.10 Å². The van der Waals surface area contributed by atoms with Crippen molar-refractivity contribution in [3.05, 3.63) is 54.1 Å². The summed E-state index contributed by atoms with van der Waals surface area (Å²) >= 11 is 0. The highest BCUT2D eigenvalue weighted by Crippen LogP contribution is 2.25. The Morgan fingerprint density at radius 3 is 1.92 bits per heavy atom. The minimum Gasteiger partial charge on any atom is -0.406 e. The number of ether oxygens (including phenoxy) is 3. The molecule has 3 aromatic rings. The van der Waals surface area contributed by atoms with Gasteiger partial charge in [-0.25, -0.2) is 5.43 Å². The molecule has 3 rings (SSSR count). The van der Waals surface area contributed by atoms with Gasteiger partial charge in [0.2, 0.25) is 17.8 Å². The van der Waals surface area contributed by atoms with E-state index in [2.05, 4.69) is 45.6 Å². The molecular formula is C22H21F6N7O3. The molecule has 0 saturated carbocycles. The molecule has 3 N–H and O–H groups in total. The zero-order valence-corrected chi connectivity index (χ0v) is 19.6. The topological polar surface area (TPSA) is 115 Å². The SMILES string of the molecule is CCOCCNc1nc(N/N=C/c2ccc(OC(F)(F)F)cc2)nc(Nc2ccc(OC(F)(F)F)cc2)n1. The molecule has 1 aromatic heterocycles. The third-order valence-electron chi connectivity index (χ3n) is 4.20. The fourth-order valence-electron chi connectivity index (χ4n) is 2.73. The van der Waals surface area contributed by atoms with E-state index in [0.717, 1.165) is 24.3 Å². The Bertz CT molecular complexity index is 1190. The monoisotopic (exact) mass is 545 g/mol. The Kier molecular flexibility index (Phi) is 9.48. The fraction of sp³-hybridized carbons (Fsp3) is 0.273. The Morgan fingerprint density at radius 2 is 1.34 bits per heavy atom. The van der Waals surface area contributed by atoms with Crippen molar-refractivity contribution in [3.8, 4) is 11.5 Å². The highest BCUT2D eigenvalue weighted by atomic mass is 19.4. The predicted octanol–water partition coefficient (Wildman–Crippen LogP) is 5.31. The number of nitrogens with zero attached hydrogens (tertiary/aromatic N) is 4. The van der Waals surface area contributed by atoms with Gasteiger partial charge in [0, 0.05) is 18.8 Å². The third kappa shape index (κ3) is 10.3. The van der Waals surface area contributed by atoms with Gasteiger partial charge >= 0.3 is 12.7 Å². The molecule has 1 heterocycles. The van der Waals surface area contributed by atoms with Crippen molar-refractivity contribution in [2.45, 2.75) is 19.6 Å². The van der Waals surface area contributed by atoms with E-state index in [-0.39, 0.29) is 23.6 Å². The summed E-state index contributed by atoms with van der Waals surface area (Å²) in [5, 5.41) is 9.75. The molecule has 0 aliphatic heterocycles. The molecule has 0 aliphatic rings. The molecule has 16 heteroatoms. The lowest BCUT2D eigenvalue weighted by Crippen LogP contribution is -2.17. The molecule has 2 aromatic carbocycles. The van der Waals surface area contributed by atoms with Crippen molar-refractivity contribution < 1.29 is 40.6 Å². The van der Waals surface area contributed by atoms with Gasteiger partial charge in [-0.2, -0.15) is 20.1 Å². The van der Waals surface area contributed by atoms with Crippen LogP contribution in [0.2, 0.25) is 0 Å². The van der Waals surface area contributed by atoms with Gasteiger partial charge in [0.15, 0.2) is 0 Å². The molecule has 0 unspecified atom stereocenters. The zero-order chi connectivity index (χ0) is 27.6. The summed E-state index contributed by atoms with van der Waals surface area (Å²) in [6.45, 7) is 3.11. The van der Waals surface area contributed by atoms with Crippen LogP contribution >= 0.6 is 0 Å². The van der Waals surface area contributed by atoms with Crippen molar-refractivity contribution >= 4 is 29.7 Å². The van der Waals surface area contributed by atoms with Crippen molar-refractivity contribution in [1.29, 1.82) is 0 Å². The summed E-state index contributed by atoms with van der Waals surface area (Å²) in [6.07, 6.45) is -8.30. The largest absolute Gasteiger partial charge is 0.573 e. The standard InChI is InChI=1S/C22H21F6N7O3/c1-2-36-12-11-29-18-32-19(31-15-5-9-17(10-6-15)38-22(26,27)28)34-20(33-18)35-30-13-14-3-7-16(8-4-14)37-21(23,24)25/h3-10,13H,2,11-12H2,1H3,(H3,29,31,32,33,34,35)/b30-13+. The minimum absolute atomic E-state index is 0.00768. The predicted molar refractivity (Wildman–Crippen MR) is 126 cm³/mol. The maximum Gasteiger partial charge on any atom is 0.573 e. The summed E-state index contributed by atoms with van der Waals surface area (Å²) in [6, 6.07) is 9.89. The van der Waals surface area contributed by atoms with Gasteiger partial charge in [-0.15, -0.1) is 26.3 Å². The molecule has 0 fully saturated rings. The van der Waals surface area contributed by atoms with Crippen molar-refractivity contribution in [2.75, 3.05) is 35.8 Å². The first-order valence-corrected chi connectivity index (χ1v) is 10.8. The average molecular weight is 545 g/mol. The second-order valence-corrected chi connectivity index (χ2v) is 7.11. The first-order chi connectivity index (χ1) is 18.0. The summed E-state index contributed by atoms with van der Waals surface area (Å²) in [5.74, 6) is -0.602. The van der Waals surface area contributed by atoms with E-state index in [1.54, 1.807) is 0 Å². The van der Waals surface area contributed by atoms with E-state index >= 15 is 0 Å². The Labute approximate surface area is 212 Å². The number of nitrogens with one attached hydrogen (secondary N) is 3. The Balaban J connectivity index is 1.71. The first kappa shape index (κ1) is 28.2. The Morgan fingerprint density at radius 1 is 0.789 bits per heavy atom. The van der Waals surface area contributed by atoms with Crippen LogP contribution in [0.15, 0.2) is 53.6 Å². The molecule has 204 valence electrons. The number of hydrogen-bond acceptors (Lipinski definition) is 10. The quantitative estimate of drug-likeness (QED) is 0.121. The normalized spacial score (nSPS) is 11.9. The summed E-state index contributed by atoms with van der Waals surface area (Å²) in [7, 11) is 0. The number of aromatic nitrogens is 3. The lowest BCUT2D eigenvalue weighted by atomic mass is 10.2. The third-order valence-corrected chi connectivity index (χ3v) is 4.20. The van der Waals surface area contributed by atoms with Crippen molar-refractivity contribution in [3.63, 3.8) is 0 Å². The van der Waals surface area contributed by atoms with E-state index in [1.165, 1.54) is 30.5 Å². The highest BCUT2D eigenvalue weighted by molar-refractivity contribution is 5.80. The van der Waals surface area contributed by atoms with Crippen LogP contribution in [0.5, 0.6) is 11.5 Å². The number of halogens is 6. The number of anilines is 4. The van der Waals surface area contributed by atoms with E-state index < -0.39 is 18.5 Å². The Hall–Kier alpha value is -4.34. The maximum atomic E-state index is 12.4. The molecule has 0 bridgehead atoms. The number of hydrazone groups is 1. The molecule has 0 spiro atoms. The average Bonchev–Trinajstić information content (AvgIpc) is 2.82. The van der Waals surface area contributed by atoms with Crippen LogP contribution in [-0.2, 0) is 4.74 Å². The smallest absolute Gasteiger partial charge is 0.406 e. The number of rotatable bonds is 12. The van der Waals surface area contributed by atoms with E-state index in [4.69, 9.17) is 4.74 Å². The molecular weight excluding hydrogens is 524 g/mol. The lowest BCUT2D eigenvalue weighted by Gasteiger charge is -2.11. The first-order valence-electron chi connectivity index (χ1n) is 10.8. The maximum absolute atomic E-state index is 12.4. The van der Waals surface area contributed by atoms with Crippen LogP contribution in [0.3, 0.4) is 0 Å². The summed E-state index contributed by atoms with van der Waals surface area (Å²) in [5.41, 5.74) is 3.41. The molecule has 0 aliphatic carbocycles. The molecule has 0 amide bonds. The molecule has 0 atom stereocenters. The molecule has 10 nitrogen and oxygen atoms in total. The van der Waals surface area contributed by atoms with Crippen LogP contribution in [0.1, 0.15) is 12.5 Å². The minimum atomic E-state index is -4.81. The molecule has 0 saturated heterocycles. The second kappa shape index (κ2) is 12.8. The number of hydrogen-bond donors (Lipinski definition) is 3. The van der Waals surface area contributed by atoms with Gasteiger partial charge in [0.05, 0.1) is 12.8 Å². The lowest BCUT2D eigenvalue weighted by molar-refractivity contribution is -0.275. The van der Waals surface area contributed by atoms with Crippen LogP contribution in [-0.4, -0.2) is 53.6 Å². The van der Waals surface area contributed by atoms with Crippen LogP contribution < -0.4 is 25.5 Å². The van der Waals surface area contributed by atoms with Crippen LogP contribution in [0, 0.1) is 0 Å². The van der Waals surface area contributed by atoms with E-state index in [1.807, 2.05) is 6.92 Å². The van der Waals surface area contributed by atoms with Gasteiger partial charge in [0.1, 0.15) is 11.5 Å².